The topological polar surface area (TPSA) is 13.1 Å². The first-order chi connectivity index (χ1) is 33.7. The zero-order valence-electron chi connectivity index (χ0n) is 43.2. The van der Waals surface area contributed by atoms with Gasteiger partial charge in [-0.05, 0) is 113 Å². The Bertz CT molecular complexity index is 3820. The fraction of sp³-hybridized carbons (Fsp3) is 0. The molecule has 0 aliphatic carbocycles. The first kappa shape index (κ1) is 22.2. The van der Waals surface area contributed by atoms with E-state index >= 15 is 0 Å². The number of benzene rings is 10. The van der Waals surface area contributed by atoms with Crippen LogP contribution in [0.1, 0.15) is 17.8 Å². The van der Waals surface area contributed by atoms with E-state index in [1.54, 1.807) is 12.1 Å². The average Bonchev–Trinajstić information content (AvgIpc) is 3.76. The summed E-state index contributed by atoms with van der Waals surface area (Å²) in [4.78, 5) is 0. The highest BCUT2D eigenvalue weighted by Gasteiger charge is 2.22. The van der Waals surface area contributed by atoms with Gasteiger partial charge < -0.3 is 4.42 Å². The molecule has 0 saturated heterocycles. The van der Waals surface area contributed by atoms with E-state index in [4.69, 9.17) is 19.5 Å². The fourth-order valence-electron chi connectivity index (χ4n) is 8.09. The van der Waals surface area contributed by atoms with E-state index in [-0.39, 0.29) is 16.7 Å². The Morgan fingerprint density at radius 3 is 1.21 bits per heavy atom. The van der Waals surface area contributed by atoms with Crippen LogP contribution in [-0.2, 0) is 0 Å². The Balaban J connectivity index is 1.16. The molecule has 0 unspecified atom stereocenters. The van der Waals surface area contributed by atoms with Crippen LogP contribution in [0.3, 0.4) is 0 Å². The van der Waals surface area contributed by atoms with Gasteiger partial charge in [0, 0.05) is 10.8 Å². The SMILES string of the molecule is [2H]c1c([2H])c([2H])c(-c2c([2H])c([2H])c([2H])c(-c3c([2H])c([2H])c([2H])c([2H])c3[2H])c2-c2c3ccccc3c(-c3ccc(-c4ccc5c(c4)oc4cc(-c6ccccc6)ccc45)cc3)c3ccccc23)c([2H])c1[2H]. The van der Waals surface area contributed by atoms with Crippen LogP contribution in [0.4, 0.5) is 0 Å². The molecular weight excluding hydrogens is 689 g/mol. The lowest BCUT2D eigenvalue weighted by atomic mass is 9.81. The predicted molar refractivity (Wildman–Crippen MR) is 241 cm³/mol. The third kappa shape index (κ3) is 5.63. The van der Waals surface area contributed by atoms with Gasteiger partial charge in [-0.25, -0.2) is 0 Å². The Morgan fingerprint density at radius 2 is 0.702 bits per heavy atom. The van der Waals surface area contributed by atoms with E-state index in [1.165, 1.54) is 0 Å². The Labute approximate surface area is 350 Å². The van der Waals surface area contributed by atoms with Crippen molar-refractivity contribution in [1.82, 2.24) is 0 Å². The molecule has 0 bridgehead atoms. The third-order valence-electron chi connectivity index (χ3n) is 10.6. The second kappa shape index (κ2) is 13.7. The van der Waals surface area contributed by atoms with Crippen LogP contribution in [0, 0.1) is 0 Å². The zero-order valence-corrected chi connectivity index (χ0v) is 30.2. The van der Waals surface area contributed by atoms with Gasteiger partial charge in [0.2, 0.25) is 0 Å². The summed E-state index contributed by atoms with van der Waals surface area (Å²) in [6.45, 7) is 0. The molecule has 11 aromatic rings. The second-order valence-electron chi connectivity index (χ2n) is 13.8. The standard InChI is InChI=1S/C56H36O/c1-4-15-37(16-5-1)42-31-33-46-47-34-32-43(36-53(47)57-52(46)35-42)38-27-29-41(30-28-38)54-48-21-10-12-23-50(48)56(51-24-13-11-22-49(51)54)55-44(39-17-6-2-7-18-39)25-14-26-45(55)40-19-8-3-9-20-40/h1-36H/i2D,3D,6D,7D,8D,9D,14D,17D,18D,19D,20D,25D,26D. The monoisotopic (exact) mass is 737 g/mol. The quantitative estimate of drug-likeness (QED) is 0.155. The molecule has 1 heteroatoms. The minimum Gasteiger partial charge on any atom is -0.456 e. The van der Waals surface area contributed by atoms with Crippen molar-refractivity contribution in [1.29, 1.82) is 0 Å². The largest absolute Gasteiger partial charge is 0.456 e. The van der Waals surface area contributed by atoms with Gasteiger partial charge in [0.1, 0.15) is 11.2 Å². The summed E-state index contributed by atoms with van der Waals surface area (Å²) in [5, 5.41) is 4.47. The van der Waals surface area contributed by atoms with Crippen molar-refractivity contribution in [2.45, 2.75) is 0 Å². The molecule has 1 nitrogen and oxygen atoms in total. The van der Waals surface area contributed by atoms with Gasteiger partial charge in [0.25, 0.3) is 0 Å². The number of fused-ring (bicyclic) bond motifs is 5. The molecule has 10 aromatic carbocycles. The minimum absolute atomic E-state index is 0.0883. The summed E-state index contributed by atoms with van der Waals surface area (Å²) < 4.78 is 122. The molecule has 0 fully saturated rings. The number of hydrogen-bond acceptors (Lipinski definition) is 1. The molecule has 0 spiro atoms. The lowest BCUT2D eigenvalue weighted by Crippen LogP contribution is -1.95. The molecular formula is C56H36O. The van der Waals surface area contributed by atoms with Gasteiger partial charge in [-0.15, -0.1) is 0 Å². The van der Waals surface area contributed by atoms with Gasteiger partial charge in [0.15, 0.2) is 0 Å². The highest BCUT2D eigenvalue weighted by Crippen LogP contribution is 2.49. The van der Waals surface area contributed by atoms with Crippen molar-refractivity contribution >= 4 is 43.5 Å². The Kier molecular flexibility index (Phi) is 5.32. The molecule has 11 rings (SSSR count). The summed E-state index contributed by atoms with van der Waals surface area (Å²) in [5.74, 6) is 0. The fourth-order valence-corrected chi connectivity index (χ4v) is 8.09. The molecule has 266 valence electrons. The van der Waals surface area contributed by atoms with Gasteiger partial charge in [0.05, 0.1) is 17.8 Å². The van der Waals surface area contributed by atoms with Gasteiger partial charge in [-0.2, -0.15) is 0 Å². The van der Waals surface area contributed by atoms with Crippen molar-refractivity contribution in [3.05, 3.63) is 218 Å². The van der Waals surface area contributed by atoms with Crippen LogP contribution < -0.4 is 0 Å². The highest BCUT2D eigenvalue weighted by molar-refractivity contribution is 6.23. The van der Waals surface area contributed by atoms with Crippen LogP contribution in [0.25, 0.3) is 110 Å². The zero-order chi connectivity index (χ0) is 49.0. The van der Waals surface area contributed by atoms with Crippen LogP contribution in [-0.4, -0.2) is 0 Å². The average molecular weight is 738 g/mol. The van der Waals surface area contributed by atoms with Gasteiger partial charge in [-0.1, -0.05) is 194 Å². The molecule has 0 aliphatic rings. The van der Waals surface area contributed by atoms with E-state index in [1.807, 2.05) is 84.9 Å². The molecule has 57 heavy (non-hydrogen) atoms. The highest BCUT2D eigenvalue weighted by atomic mass is 16.3. The maximum absolute atomic E-state index is 9.49. The van der Waals surface area contributed by atoms with Crippen molar-refractivity contribution in [3.63, 3.8) is 0 Å². The van der Waals surface area contributed by atoms with E-state index in [2.05, 4.69) is 42.5 Å². The first-order valence-corrected chi connectivity index (χ1v) is 18.5. The maximum Gasteiger partial charge on any atom is 0.136 e. The number of furan rings is 1. The van der Waals surface area contributed by atoms with E-state index in [0.717, 1.165) is 55.3 Å². The third-order valence-corrected chi connectivity index (χ3v) is 10.6. The maximum atomic E-state index is 9.49. The van der Waals surface area contributed by atoms with E-state index < -0.39 is 89.7 Å². The summed E-state index contributed by atoms with van der Waals surface area (Å²) in [7, 11) is 0. The molecule has 0 atom stereocenters. The summed E-state index contributed by atoms with van der Waals surface area (Å²) >= 11 is 0. The molecule has 1 aromatic heterocycles. The molecule has 0 aliphatic heterocycles. The lowest BCUT2D eigenvalue weighted by molar-refractivity contribution is 0.669. The van der Waals surface area contributed by atoms with Gasteiger partial charge >= 0.3 is 0 Å². The molecule has 0 saturated carbocycles. The molecule has 1 heterocycles. The van der Waals surface area contributed by atoms with Crippen molar-refractivity contribution in [2.75, 3.05) is 0 Å². The van der Waals surface area contributed by atoms with E-state index in [0.29, 0.717) is 27.1 Å². The lowest BCUT2D eigenvalue weighted by Gasteiger charge is -2.22. The second-order valence-corrected chi connectivity index (χ2v) is 13.8. The van der Waals surface area contributed by atoms with Crippen LogP contribution in [0.15, 0.2) is 222 Å². The molecule has 0 radical (unpaired) electrons. The Hall–Kier alpha value is -7.48. The summed E-state index contributed by atoms with van der Waals surface area (Å²) in [6.07, 6.45) is 0. The number of rotatable bonds is 6. The predicted octanol–water partition coefficient (Wildman–Crippen LogP) is 15.9. The van der Waals surface area contributed by atoms with Crippen LogP contribution in [0.5, 0.6) is 0 Å². The summed E-state index contributed by atoms with van der Waals surface area (Å²) in [6, 6.07) is 36.6. The van der Waals surface area contributed by atoms with Crippen molar-refractivity contribution in [2.24, 2.45) is 0 Å². The van der Waals surface area contributed by atoms with Crippen LogP contribution >= 0.6 is 0 Å². The Morgan fingerprint density at radius 1 is 0.281 bits per heavy atom. The number of hydrogen-bond donors (Lipinski definition) is 0. The van der Waals surface area contributed by atoms with Crippen molar-refractivity contribution in [3.8, 4) is 66.8 Å². The minimum atomic E-state index is -0.727. The first-order valence-electron chi connectivity index (χ1n) is 25.0. The van der Waals surface area contributed by atoms with Gasteiger partial charge in [-0.3, -0.25) is 0 Å². The normalized spacial score (nSPS) is 14.7. The van der Waals surface area contributed by atoms with Crippen molar-refractivity contribution < 1.29 is 22.2 Å². The molecule has 0 N–H and O–H groups in total. The summed E-state index contributed by atoms with van der Waals surface area (Å²) in [5.41, 5.74) is 5.97. The van der Waals surface area contributed by atoms with Crippen LogP contribution in [0.2, 0.25) is 0 Å². The molecule has 0 amide bonds. The van der Waals surface area contributed by atoms with E-state index in [9.17, 15) is 2.74 Å². The smallest absolute Gasteiger partial charge is 0.136 e.